The summed E-state index contributed by atoms with van der Waals surface area (Å²) in [5.74, 6) is 0.121. The minimum absolute atomic E-state index is 0.0970. The Morgan fingerprint density at radius 3 is 2.41 bits per heavy atom. The van der Waals surface area contributed by atoms with Gasteiger partial charge in [0.25, 0.3) is 5.91 Å². The molecule has 1 aromatic heterocycles. The molecule has 6 nitrogen and oxygen atoms in total. The Hall–Kier alpha value is -4.32. The van der Waals surface area contributed by atoms with Gasteiger partial charge in [-0.05, 0) is 72.7 Å². The third kappa shape index (κ3) is 5.00. The van der Waals surface area contributed by atoms with Crippen molar-refractivity contribution < 1.29 is 19.4 Å². The average molecular weight is 495 g/mol. The zero-order valence-electron chi connectivity index (χ0n) is 21.0. The fourth-order valence-electron chi connectivity index (χ4n) is 5.22. The number of ether oxygens (including phenoxy) is 1. The molecule has 0 saturated heterocycles. The Balaban J connectivity index is 1.48. The molecule has 1 aliphatic carbocycles. The Kier molecular flexibility index (Phi) is 6.82. The first-order valence-corrected chi connectivity index (χ1v) is 12.5. The normalized spacial score (nSPS) is 15.3. The van der Waals surface area contributed by atoms with Crippen LogP contribution in [-0.4, -0.2) is 41.0 Å². The highest BCUT2D eigenvalue weighted by Gasteiger charge is 2.24. The molecule has 1 unspecified atom stereocenters. The van der Waals surface area contributed by atoms with E-state index in [9.17, 15) is 14.7 Å². The van der Waals surface area contributed by atoms with Crippen LogP contribution in [0.2, 0.25) is 0 Å². The highest BCUT2D eigenvalue weighted by molar-refractivity contribution is 5.99. The molecule has 1 atom stereocenters. The topological polar surface area (TPSA) is 82.6 Å². The molecule has 2 N–H and O–H groups in total. The largest absolute Gasteiger partial charge is 0.497 e. The van der Waals surface area contributed by atoms with Crippen molar-refractivity contribution >= 4 is 28.4 Å². The number of methoxy groups -OCH3 is 1. The van der Waals surface area contributed by atoms with E-state index >= 15 is 0 Å². The number of rotatable bonds is 7. The van der Waals surface area contributed by atoms with Gasteiger partial charge in [0.15, 0.2) is 0 Å². The van der Waals surface area contributed by atoms with Crippen molar-refractivity contribution in [1.29, 1.82) is 0 Å². The lowest BCUT2D eigenvalue weighted by Gasteiger charge is -2.24. The summed E-state index contributed by atoms with van der Waals surface area (Å²) in [6, 6.07) is 22.9. The van der Waals surface area contributed by atoms with Crippen molar-refractivity contribution in [3.8, 4) is 5.75 Å². The van der Waals surface area contributed by atoms with E-state index in [-0.39, 0.29) is 11.5 Å². The van der Waals surface area contributed by atoms with Gasteiger partial charge < -0.3 is 19.7 Å². The molecule has 1 heterocycles. The zero-order chi connectivity index (χ0) is 25.9. The van der Waals surface area contributed by atoms with E-state index in [1.54, 1.807) is 55.5 Å². The van der Waals surface area contributed by atoms with E-state index < -0.39 is 5.97 Å². The number of nitrogens with one attached hydrogen (secondary N) is 1. The van der Waals surface area contributed by atoms with Crippen LogP contribution in [0.3, 0.4) is 0 Å². The number of aromatic carboxylic acids is 1. The van der Waals surface area contributed by atoms with Gasteiger partial charge in [0.05, 0.1) is 19.2 Å². The van der Waals surface area contributed by atoms with Gasteiger partial charge in [0.2, 0.25) is 0 Å². The molecule has 0 bridgehead atoms. The van der Waals surface area contributed by atoms with Crippen molar-refractivity contribution in [2.45, 2.75) is 31.7 Å². The van der Waals surface area contributed by atoms with Crippen molar-refractivity contribution in [2.75, 3.05) is 14.2 Å². The highest BCUT2D eigenvalue weighted by Crippen LogP contribution is 2.40. The summed E-state index contributed by atoms with van der Waals surface area (Å²) in [7, 11) is 3.38. The van der Waals surface area contributed by atoms with E-state index in [4.69, 9.17) is 4.74 Å². The lowest BCUT2D eigenvalue weighted by Crippen LogP contribution is -2.26. The zero-order valence-corrected chi connectivity index (χ0v) is 21.0. The first-order chi connectivity index (χ1) is 17.9. The Labute approximate surface area is 216 Å². The summed E-state index contributed by atoms with van der Waals surface area (Å²) >= 11 is 0. The standard InChI is InChI=1S/C31H30N2O4/c1-33(30(34)23-12-15-25(37-2)16-13-23)19-28-29(26-17-14-24(31(35)36)18-27(26)32-28)22-10-8-21(9-11-22)20-6-4-3-5-7-20/h3-7,10,12-18,21,32H,8-9,11,19H2,1-2H3,(H,35,36). The monoisotopic (exact) mass is 494 g/mol. The molecule has 0 radical (unpaired) electrons. The van der Waals surface area contributed by atoms with Crippen LogP contribution in [-0.2, 0) is 6.54 Å². The number of aromatic amines is 1. The second kappa shape index (κ2) is 10.3. The van der Waals surface area contributed by atoms with Crippen LogP contribution in [0.4, 0.5) is 0 Å². The third-order valence-corrected chi connectivity index (χ3v) is 7.21. The number of allylic oxidation sites excluding steroid dienone is 2. The number of H-pyrrole nitrogens is 1. The maximum atomic E-state index is 13.2. The number of carbonyl (C=O) groups excluding carboxylic acids is 1. The molecular weight excluding hydrogens is 464 g/mol. The number of carbonyl (C=O) groups is 2. The van der Waals surface area contributed by atoms with Gasteiger partial charge in [-0.2, -0.15) is 0 Å². The Bertz CT molecular complexity index is 1470. The number of carboxylic acids is 1. The molecule has 188 valence electrons. The summed E-state index contributed by atoms with van der Waals surface area (Å²) < 4.78 is 5.21. The molecule has 4 aromatic rings. The third-order valence-electron chi connectivity index (χ3n) is 7.21. The van der Waals surface area contributed by atoms with E-state index in [1.165, 1.54) is 11.1 Å². The maximum absolute atomic E-state index is 13.2. The van der Waals surface area contributed by atoms with Gasteiger partial charge in [-0.3, -0.25) is 4.79 Å². The fraction of sp³-hybridized carbons (Fsp3) is 0.226. The summed E-state index contributed by atoms with van der Waals surface area (Å²) in [5.41, 5.74) is 6.16. The molecule has 1 amide bonds. The maximum Gasteiger partial charge on any atom is 0.335 e. The van der Waals surface area contributed by atoms with Crippen LogP contribution < -0.4 is 4.74 Å². The van der Waals surface area contributed by atoms with Gasteiger partial charge in [-0.25, -0.2) is 4.79 Å². The molecule has 0 spiro atoms. The van der Waals surface area contributed by atoms with Crippen molar-refractivity contribution in [3.05, 3.63) is 107 Å². The molecule has 0 fully saturated rings. The summed E-state index contributed by atoms with van der Waals surface area (Å²) in [6.07, 6.45) is 5.20. The van der Waals surface area contributed by atoms with E-state index in [0.717, 1.165) is 41.4 Å². The van der Waals surface area contributed by atoms with Crippen molar-refractivity contribution in [2.24, 2.45) is 0 Å². The predicted octanol–water partition coefficient (Wildman–Crippen LogP) is 6.50. The molecular formula is C31H30N2O4. The smallest absolute Gasteiger partial charge is 0.335 e. The number of benzene rings is 3. The van der Waals surface area contributed by atoms with Crippen molar-refractivity contribution in [3.63, 3.8) is 0 Å². The average Bonchev–Trinajstić information content (AvgIpc) is 3.30. The molecule has 1 aliphatic rings. The predicted molar refractivity (Wildman–Crippen MR) is 145 cm³/mol. The summed E-state index contributed by atoms with van der Waals surface area (Å²) in [6.45, 7) is 0.372. The number of amides is 1. The first kappa shape index (κ1) is 24.4. The highest BCUT2D eigenvalue weighted by atomic mass is 16.5. The Morgan fingerprint density at radius 1 is 1.03 bits per heavy atom. The van der Waals surface area contributed by atoms with Crippen LogP contribution in [0.5, 0.6) is 5.75 Å². The second-order valence-electron chi connectivity index (χ2n) is 9.55. The van der Waals surface area contributed by atoms with Crippen LogP contribution >= 0.6 is 0 Å². The van der Waals surface area contributed by atoms with Crippen LogP contribution in [0.15, 0.2) is 78.9 Å². The lowest BCUT2D eigenvalue weighted by molar-refractivity contribution is 0.0696. The number of hydrogen-bond donors (Lipinski definition) is 2. The number of carboxylic acid groups (broad SMARTS) is 1. The van der Waals surface area contributed by atoms with E-state index in [1.807, 2.05) is 12.1 Å². The SMILES string of the molecule is COc1ccc(C(=O)N(C)Cc2[nH]c3cc(C(=O)O)ccc3c2C2=CCC(c3ccccc3)CC2)cc1. The van der Waals surface area contributed by atoms with Gasteiger partial charge in [-0.15, -0.1) is 0 Å². The van der Waals surface area contributed by atoms with Gasteiger partial charge in [-0.1, -0.05) is 42.5 Å². The van der Waals surface area contributed by atoms with Crippen LogP contribution in [0.25, 0.3) is 16.5 Å². The minimum atomic E-state index is -0.964. The van der Waals surface area contributed by atoms with Crippen molar-refractivity contribution in [1.82, 2.24) is 9.88 Å². The molecule has 0 saturated carbocycles. The number of nitrogens with zero attached hydrogens (tertiary/aromatic N) is 1. The van der Waals surface area contributed by atoms with Crippen LogP contribution in [0, 0.1) is 0 Å². The van der Waals surface area contributed by atoms with E-state index in [2.05, 4.69) is 35.3 Å². The van der Waals surface area contributed by atoms with Crippen LogP contribution in [0.1, 0.15) is 62.7 Å². The number of fused-ring (bicyclic) bond motifs is 1. The second-order valence-corrected chi connectivity index (χ2v) is 9.55. The van der Waals surface area contributed by atoms with Gasteiger partial charge in [0.1, 0.15) is 5.75 Å². The number of hydrogen-bond acceptors (Lipinski definition) is 3. The molecule has 0 aliphatic heterocycles. The first-order valence-electron chi connectivity index (χ1n) is 12.5. The number of aromatic nitrogens is 1. The molecule has 3 aromatic carbocycles. The van der Waals surface area contributed by atoms with E-state index in [0.29, 0.717) is 23.8 Å². The summed E-state index contributed by atoms with van der Waals surface area (Å²) in [4.78, 5) is 29.9. The molecule has 5 rings (SSSR count). The fourth-order valence-corrected chi connectivity index (χ4v) is 5.22. The summed E-state index contributed by atoms with van der Waals surface area (Å²) in [5, 5.41) is 10.5. The lowest BCUT2D eigenvalue weighted by atomic mass is 9.82. The molecule has 37 heavy (non-hydrogen) atoms. The Morgan fingerprint density at radius 2 is 1.76 bits per heavy atom. The minimum Gasteiger partial charge on any atom is -0.497 e. The van der Waals surface area contributed by atoms with Gasteiger partial charge in [0, 0.05) is 34.8 Å². The van der Waals surface area contributed by atoms with Gasteiger partial charge >= 0.3 is 5.97 Å². The quantitative estimate of drug-likeness (QED) is 0.307. The molecule has 6 heteroatoms.